The van der Waals surface area contributed by atoms with Gasteiger partial charge in [-0.15, -0.1) is 0 Å². The van der Waals surface area contributed by atoms with Crippen LogP contribution in [0.1, 0.15) is 22.1 Å². The molecule has 0 aliphatic heterocycles. The topological polar surface area (TPSA) is 94.0 Å². The Hall–Kier alpha value is -1.79. The van der Waals surface area contributed by atoms with Crippen molar-refractivity contribution in [1.29, 1.82) is 0 Å². The molecule has 1 aromatic carbocycles. The van der Waals surface area contributed by atoms with Crippen molar-refractivity contribution in [3.63, 3.8) is 0 Å². The number of halogens is 2. The lowest BCUT2D eigenvalue weighted by Gasteiger charge is -2.07. The number of aryl methyl sites for hydroxylation is 1. The fourth-order valence-electron chi connectivity index (χ4n) is 1.55. The molecule has 1 heterocycles. The molecule has 0 atom stereocenters. The van der Waals surface area contributed by atoms with Crippen molar-refractivity contribution < 1.29 is 9.32 Å². The summed E-state index contributed by atoms with van der Waals surface area (Å²) in [4.78, 5) is 16.0. The lowest BCUT2D eigenvalue weighted by molar-refractivity contribution is 0.0954. The first kappa shape index (κ1) is 14.6. The van der Waals surface area contributed by atoms with Gasteiger partial charge in [0.05, 0.1) is 15.7 Å². The molecule has 106 valence electrons. The minimum Gasteiger partial charge on any atom is -0.396 e. The van der Waals surface area contributed by atoms with Crippen LogP contribution in [0.2, 0.25) is 10.0 Å². The number of hydrogen-bond donors (Lipinski definition) is 2. The van der Waals surface area contributed by atoms with Crippen molar-refractivity contribution in [1.82, 2.24) is 15.5 Å². The van der Waals surface area contributed by atoms with Crippen LogP contribution in [0.4, 0.5) is 5.69 Å². The van der Waals surface area contributed by atoms with Crippen LogP contribution < -0.4 is 11.1 Å². The lowest BCUT2D eigenvalue weighted by atomic mass is 10.2. The zero-order chi connectivity index (χ0) is 14.7. The maximum Gasteiger partial charge on any atom is 0.251 e. The molecular formula is C12H12Cl2N4O2. The SMILES string of the molecule is Cc1nc(CCNC(=O)c2cc(Cl)c(N)c(Cl)c2)no1. The van der Waals surface area contributed by atoms with Crippen molar-refractivity contribution in [2.45, 2.75) is 13.3 Å². The summed E-state index contributed by atoms with van der Waals surface area (Å²) < 4.78 is 4.83. The number of amides is 1. The van der Waals surface area contributed by atoms with E-state index < -0.39 is 0 Å². The monoisotopic (exact) mass is 314 g/mol. The van der Waals surface area contributed by atoms with E-state index in [1.165, 1.54) is 12.1 Å². The Kier molecular flexibility index (Phi) is 4.46. The maximum atomic E-state index is 11.9. The van der Waals surface area contributed by atoms with Crippen LogP contribution >= 0.6 is 23.2 Å². The van der Waals surface area contributed by atoms with Gasteiger partial charge >= 0.3 is 0 Å². The predicted molar refractivity (Wildman–Crippen MR) is 75.9 cm³/mol. The largest absolute Gasteiger partial charge is 0.396 e. The fraction of sp³-hybridized carbons (Fsp3) is 0.250. The number of nitrogens with zero attached hydrogens (tertiary/aromatic N) is 2. The van der Waals surface area contributed by atoms with Crippen molar-refractivity contribution in [2.75, 3.05) is 12.3 Å². The molecule has 20 heavy (non-hydrogen) atoms. The normalized spacial score (nSPS) is 10.6. The number of carbonyl (C=O) groups is 1. The molecule has 2 aromatic rings. The number of aromatic nitrogens is 2. The van der Waals surface area contributed by atoms with E-state index in [9.17, 15) is 4.79 Å². The second kappa shape index (κ2) is 6.11. The van der Waals surface area contributed by atoms with E-state index in [0.29, 0.717) is 30.2 Å². The molecule has 0 bridgehead atoms. The van der Waals surface area contributed by atoms with Gasteiger partial charge in [0.25, 0.3) is 5.91 Å². The summed E-state index contributed by atoms with van der Waals surface area (Å²) in [7, 11) is 0. The summed E-state index contributed by atoms with van der Waals surface area (Å²) in [5.41, 5.74) is 6.21. The van der Waals surface area contributed by atoms with Gasteiger partial charge in [0, 0.05) is 25.5 Å². The molecule has 0 spiro atoms. The van der Waals surface area contributed by atoms with Crippen LogP contribution in [-0.2, 0) is 6.42 Å². The third-order valence-electron chi connectivity index (χ3n) is 2.55. The second-order valence-electron chi connectivity index (χ2n) is 4.09. The van der Waals surface area contributed by atoms with Gasteiger partial charge in [-0.3, -0.25) is 4.79 Å². The van der Waals surface area contributed by atoms with Crippen LogP contribution in [0.25, 0.3) is 0 Å². The summed E-state index contributed by atoms with van der Waals surface area (Å²) in [5.74, 6) is 0.730. The first-order chi connectivity index (χ1) is 9.47. The van der Waals surface area contributed by atoms with Crippen molar-refractivity contribution in [3.8, 4) is 0 Å². The quantitative estimate of drug-likeness (QED) is 0.844. The van der Waals surface area contributed by atoms with E-state index in [0.717, 1.165) is 0 Å². The van der Waals surface area contributed by atoms with Crippen molar-refractivity contribution in [3.05, 3.63) is 39.5 Å². The number of nitrogens with two attached hydrogens (primary N) is 1. The molecule has 3 N–H and O–H groups in total. The Morgan fingerprint density at radius 1 is 1.40 bits per heavy atom. The highest BCUT2D eigenvalue weighted by Gasteiger charge is 2.11. The third-order valence-corrected chi connectivity index (χ3v) is 3.17. The number of benzene rings is 1. The van der Waals surface area contributed by atoms with Gasteiger partial charge in [0.1, 0.15) is 0 Å². The Morgan fingerprint density at radius 2 is 2.05 bits per heavy atom. The molecule has 0 fully saturated rings. The average Bonchev–Trinajstić information content (AvgIpc) is 2.81. The highest BCUT2D eigenvalue weighted by Crippen LogP contribution is 2.28. The number of hydrogen-bond acceptors (Lipinski definition) is 5. The molecule has 0 saturated heterocycles. The molecule has 2 rings (SSSR count). The highest BCUT2D eigenvalue weighted by atomic mass is 35.5. The number of anilines is 1. The van der Waals surface area contributed by atoms with Crippen LogP contribution in [-0.4, -0.2) is 22.6 Å². The van der Waals surface area contributed by atoms with Crippen LogP contribution in [0, 0.1) is 6.92 Å². The average molecular weight is 315 g/mol. The molecule has 0 aliphatic rings. The smallest absolute Gasteiger partial charge is 0.251 e. The van der Waals surface area contributed by atoms with Gasteiger partial charge in [0.15, 0.2) is 5.82 Å². The lowest BCUT2D eigenvalue weighted by Crippen LogP contribution is -2.26. The maximum absolute atomic E-state index is 11.9. The van der Waals surface area contributed by atoms with Crippen LogP contribution in [0.5, 0.6) is 0 Å². The summed E-state index contributed by atoms with van der Waals surface area (Å²) >= 11 is 11.7. The molecule has 6 nitrogen and oxygen atoms in total. The molecule has 0 unspecified atom stereocenters. The molecular weight excluding hydrogens is 303 g/mol. The summed E-state index contributed by atoms with van der Waals surface area (Å²) in [5, 5.41) is 6.93. The highest BCUT2D eigenvalue weighted by molar-refractivity contribution is 6.39. The van der Waals surface area contributed by atoms with E-state index >= 15 is 0 Å². The van der Waals surface area contributed by atoms with Gasteiger partial charge in [-0.25, -0.2) is 0 Å². The van der Waals surface area contributed by atoms with Crippen molar-refractivity contribution >= 4 is 34.8 Å². The first-order valence-electron chi connectivity index (χ1n) is 5.79. The zero-order valence-electron chi connectivity index (χ0n) is 10.6. The fourth-order valence-corrected chi connectivity index (χ4v) is 2.04. The van der Waals surface area contributed by atoms with Gasteiger partial charge < -0.3 is 15.6 Å². The number of nitrogens with one attached hydrogen (secondary N) is 1. The summed E-state index contributed by atoms with van der Waals surface area (Å²) in [6, 6.07) is 2.94. The van der Waals surface area contributed by atoms with E-state index in [4.69, 9.17) is 33.5 Å². The third kappa shape index (κ3) is 3.40. The van der Waals surface area contributed by atoms with Crippen LogP contribution in [0.3, 0.4) is 0 Å². The van der Waals surface area contributed by atoms with E-state index in [1.807, 2.05) is 0 Å². The van der Waals surface area contributed by atoms with Crippen LogP contribution in [0.15, 0.2) is 16.7 Å². The van der Waals surface area contributed by atoms with Gasteiger partial charge in [-0.1, -0.05) is 28.4 Å². The number of rotatable bonds is 4. The summed E-state index contributed by atoms with van der Waals surface area (Å²) in [6.07, 6.45) is 0.472. The standard InChI is InChI=1S/C12H12Cl2N4O2/c1-6-17-10(18-20-6)2-3-16-12(19)7-4-8(13)11(15)9(14)5-7/h4-5H,2-3,15H2,1H3,(H,16,19). The molecule has 8 heteroatoms. The minimum absolute atomic E-state index is 0.247. The number of nitrogen functional groups attached to an aromatic ring is 1. The van der Waals surface area contributed by atoms with Gasteiger partial charge in [0.2, 0.25) is 5.89 Å². The Labute approximate surface area is 125 Å². The molecule has 1 aromatic heterocycles. The molecule has 0 aliphatic carbocycles. The molecule has 0 saturated carbocycles. The molecule has 1 amide bonds. The van der Waals surface area contributed by atoms with E-state index in [1.54, 1.807) is 6.92 Å². The second-order valence-corrected chi connectivity index (χ2v) is 4.90. The van der Waals surface area contributed by atoms with E-state index in [-0.39, 0.29) is 21.6 Å². The van der Waals surface area contributed by atoms with Gasteiger partial charge in [-0.2, -0.15) is 4.98 Å². The Morgan fingerprint density at radius 3 is 2.60 bits per heavy atom. The predicted octanol–water partition coefficient (Wildman–Crippen LogP) is 2.24. The molecule has 0 radical (unpaired) electrons. The Balaban J connectivity index is 1.95. The van der Waals surface area contributed by atoms with Gasteiger partial charge in [-0.05, 0) is 12.1 Å². The first-order valence-corrected chi connectivity index (χ1v) is 6.55. The Bertz CT molecular complexity index is 619. The summed E-state index contributed by atoms with van der Waals surface area (Å²) in [6.45, 7) is 2.07. The minimum atomic E-state index is -0.297. The zero-order valence-corrected chi connectivity index (χ0v) is 12.1. The van der Waals surface area contributed by atoms with E-state index in [2.05, 4.69) is 15.5 Å². The number of carbonyl (C=O) groups excluding carboxylic acids is 1. The van der Waals surface area contributed by atoms with Crippen molar-refractivity contribution in [2.24, 2.45) is 0 Å².